The van der Waals surface area contributed by atoms with Gasteiger partial charge in [0.1, 0.15) is 5.60 Å². The molecule has 20 heavy (non-hydrogen) atoms. The second-order valence-electron chi connectivity index (χ2n) is 6.45. The molecular weight excluding hydrogens is 254 g/mol. The molecule has 2 rings (SSSR count). The number of piperidine rings is 1. The van der Waals surface area contributed by atoms with E-state index >= 15 is 0 Å². The van der Waals surface area contributed by atoms with Crippen molar-refractivity contribution in [2.45, 2.75) is 45.3 Å². The summed E-state index contributed by atoms with van der Waals surface area (Å²) < 4.78 is 5.48. The normalized spacial score (nSPS) is 24.4. The third-order valence-electron chi connectivity index (χ3n) is 3.57. The van der Waals surface area contributed by atoms with Crippen LogP contribution in [0.2, 0.25) is 0 Å². The lowest BCUT2D eigenvalue weighted by Gasteiger charge is -2.37. The van der Waals surface area contributed by atoms with Crippen molar-refractivity contribution in [1.29, 1.82) is 0 Å². The molecular formula is C15H25N3O2. The number of ether oxygens (including phenoxy) is 1. The van der Waals surface area contributed by atoms with Crippen LogP contribution >= 0.6 is 0 Å². The second-order valence-corrected chi connectivity index (χ2v) is 6.45. The maximum Gasteiger partial charge on any atom is 0.414 e. The van der Waals surface area contributed by atoms with Gasteiger partial charge in [-0.1, -0.05) is 6.08 Å². The van der Waals surface area contributed by atoms with E-state index in [0.717, 1.165) is 25.9 Å². The molecule has 1 saturated heterocycles. The van der Waals surface area contributed by atoms with E-state index in [1.165, 1.54) is 0 Å². The summed E-state index contributed by atoms with van der Waals surface area (Å²) in [5, 5.41) is 3.35. The fraction of sp³-hybridized carbons (Fsp3) is 0.667. The van der Waals surface area contributed by atoms with Crippen LogP contribution in [0.5, 0.6) is 0 Å². The Morgan fingerprint density at radius 2 is 2.05 bits per heavy atom. The van der Waals surface area contributed by atoms with Gasteiger partial charge in [0.25, 0.3) is 0 Å². The van der Waals surface area contributed by atoms with Crippen molar-refractivity contribution in [3.8, 4) is 0 Å². The molecule has 112 valence electrons. The SMILES string of the molecule is CC(C)(C)OC(=O)N1C=C(N)C=C[C@H]1C1CCNCC1. The zero-order chi connectivity index (χ0) is 14.8. The summed E-state index contributed by atoms with van der Waals surface area (Å²) in [6.07, 6.45) is 7.39. The first-order valence-electron chi connectivity index (χ1n) is 7.24. The fourth-order valence-corrected chi connectivity index (χ4v) is 2.65. The highest BCUT2D eigenvalue weighted by atomic mass is 16.6. The predicted octanol–water partition coefficient (Wildman–Crippen LogP) is 1.96. The van der Waals surface area contributed by atoms with Crippen LogP contribution in [0.1, 0.15) is 33.6 Å². The number of allylic oxidation sites excluding steroid dienone is 1. The Bertz CT molecular complexity index is 417. The van der Waals surface area contributed by atoms with Gasteiger partial charge in [0, 0.05) is 11.9 Å². The average Bonchev–Trinajstić information content (AvgIpc) is 2.37. The molecule has 5 nitrogen and oxygen atoms in total. The molecule has 2 aliphatic heterocycles. The molecule has 1 amide bonds. The molecule has 0 aliphatic carbocycles. The summed E-state index contributed by atoms with van der Waals surface area (Å²) in [6, 6.07) is 0.0410. The molecule has 0 aromatic carbocycles. The Morgan fingerprint density at radius 3 is 2.65 bits per heavy atom. The summed E-state index contributed by atoms with van der Waals surface area (Å²) in [4.78, 5) is 14.0. The second kappa shape index (κ2) is 5.87. The van der Waals surface area contributed by atoms with Crippen LogP contribution in [0.15, 0.2) is 24.0 Å². The third kappa shape index (κ3) is 3.76. The van der Waals surface area contributed by atoms with Crippen molar-refractivity contribution >= 4 is 6.09 Å². The molecule has 2 aliphatic rings. The third-order valence-corrected chi connectivity index (χ3v) is 3.57. The number of rotatable bonds is 1. The van der Waals surface area contributed by atoms with Crippen LogP contribution in [0.25, 0.3) is 0 Å². The van der Waals surface area contributed by atoms with Gasteiger partial charge in [0.2, 0.25) is 0 Å². The van der Waals surface area contributed by atoms with Gasteiger partial charge in [-0.15, -0.1) is 0 Å². The number of nitrogens with one attached hydrogen (secondary N) is 1. The Balaban J connectivity index is 2.13. The van der Waals surface area contributed by atoms with Crippen molar-refractivity contribution in [1.82, 2.24) is 10.2 Å². The topological polar surface area (TPSA) is 67.6 Å². The molecule has 0 saturated carbocycles. The summed E-state index contributed by atoms with van der Waals surface area (Å²) in [5.74, 6) is 0.448. The van der Waals surface area contributed by atoms with E-state index in [4.69, 9.17) is 10.5 Å². The van der Waals surface area contributed by atoms with Crippen molar-refractivity contribution in [2.24, 2.45) is 11.7 Å². The molecule has 0 unspecified atom stereocenters. The maximum atomic E-state index is 12.4. The molecule has 0 spiro atoms. The molecule has 0 bridgehead atoms. The maximum absolute atomic E-state index is 12.4. The first-order valence-corrected chi connectivity index (χ1v) is 7.24. The summed E-state index contributed by atoms with van der Waals surface area (Å²) >= 11 is 0. The summed E-state index contributed by atoms with van der Waals surface area (Å²) in [7, 11) is 0. The highest BCUT2D eigenvalue weighted by Gasteiger charge is 2.33. The largest absolute Gasteiger partial charge is 0.443 e. The molecule has 0 aromatic rings. The number of nitrogens with zero attached hydrogens (tertiary/aromatic N) is 1. The highest BCUT2D eigenvalue weighted by Crippen LogP contribution is 2.27. The van der Waals surface area contributed by atoms with Crippen molar-refractivity contribution in [3.05, 3.63) is 24.0 Å². The number of hydrogen-bond donors (Lipinski definition) is 2. The van der Waals surface area contributed by atoms with Crippen LogP contribution in [0.3, 0.4) is 0 Å². The predicted molar refractivity (Wildman–Crippen MR) is 78.9 cm³/mol. The van der Waals surface area contributed by atoms with E-state index in [1.54, 1.807) is 11.1 Å². The van der Waals surface area contributed by atoms with Crippen molar-refractivity contribution in [2.75, 3.05) is 13.1 Å². The monoisotopic (exact) mass is 279 g/mol. The van der Waals surface area contributed by atoms with Gasteiger partial charge in [0.15, 0.2) is 0 Å². The minimum absolute atomic E-state index is 0.0410. The van der Waals surface area contributed by atoms with E-state index in [1.807, 2.05) is 32.9 Å². The van der Waals surface area contributed by atoms with Gasteiger partial charge in [-0.2, -0.15) is 0 Å². The van der Waals surface area contributed by atoms with Crippen LogP contribution in [0, 0.1) is 5.92 Å². The van der Waals surface area contributed by atoms with Gasteiger partial charge >= 0.3 is 6.09 Å². The number of amides is 1. The van der Waals surface area contributed by atoms with E-state index in [-0.39, 0.29) is 12.1 Å². The van der Waals surface area contributed by atoms with E-state index in [9.17, 15) is 4.79 Å². The molecule has 0 radical (unpaired) electrons. The number of hydrogen-bond acceptors (Lipinski definition) is 4. The molecule has 3 N–H and O–H groups in total. The number of carbonyl (C=O) groups is 1. The van der Waals surface area contributed by atoms with E-state index < -0.39 is 5.60 Å². The fourth-order valence-electron chi connectivity index (χ4n) is 2.65. The highest BCUT2D eigenvalue weighted by molar-refractivity contribution is 5.71. The quantitative estimate of drug-likeness (QED) is 0.770. The minimum Gasteiger partial charge on any atom is -0.443 e. The molecule has 0 aromatic heterocycles. The zero-order valence-corrected chi connectivity index (χ0v) is 12.6. The standard InChI is InChI=1S/C15H25N3O2/c1-15(2,3)20-14(19)18-10-12(16)4-5-13(18)11-6-8-17-9-7-11/h4-5,10-11,13,17H,6-9,16H2,1-3H3/t13-/m0/s1. The van der Waals surface area contributed by atoms with Crippen LogP contribution in [-0.4, -0.2) is 35.7 Å². The average molecular weight is 279 g/mol. The molecule has 1 fully saturated rings. The lowest BCUT2D eigenvalue weighted by Crippen LogP contribution is -2.47. The van der Waals surface area contributed by atoms with Crippen LogP contribution < -0.4 is 11.1 Å². The smallest absolute Gasteiger partial charge is 0.414 e. The first-order chi connectivity index (χ1) is 9.37. The van der Waals surface area contributed by atoms with Gasteiger partial charge in [-0.05, 0) is 58.7 Å². The minimum atomic E-state index is -0.500. The van der Waals surface area contributed by atoms with Gasteiger partial charge in [0.05, 0.1) is 6.04 Å². The first kappa shape index (κ1) is 14.9. The van der Waals surface area contributed by atoms with Crippen molar-refractivity contribution < 1.29 is 9.53 Å². The number of nitrogens with two attached hydrogens (primary N) is 1. The lowest BCUT2D eigenvalue weighted by molar-refractivity contribution is 0.0240. The number of carbonyl (C=O) groups excluding carboxylic acids is 1. The Morgan fingerprint density at radius 1 is 1.40 bits per heavy atom. The molecule has 2 heterocycles. The van der Waals surface area contributed by atoms with Gasteiger partial charge < -0.3 is 15.8 Å². The van der Waals surface area contributed by atoms with Crippen LogP contribution in [0.4, 0.5) is 4.79 Å². The lowest BCUT2D eigenvalue weighted by atomic mass is 9.88. The van der Waals surface area contributed by atoms with E-state index in [2.05, 4.69) is 5.32 Å². The van der Waals surface area contributed by atoms with E-state index in [0.29, 0.717) is 11.6 Å². The summed E-state index contributed by atoms with van der Waals surface area (Å²) in [5.41, 5.74) is 5.91. The molecule has 1 atom stereocenters. The Hall–Kier alpha value is -1.49. The van der Waals surface area contributed by atoms with Crippen molar-refractivity contribution in [3.63, 3.8) is 0 Å². The van der Waals surface area contributed by atoms with Gasteiger partial charge in [-0.25, -0.2) is 4.79 Å². The zero-order valence-electron chi connectivity index (χ0n) is 12.6. The molecule has 5 heteroatoms. The Labute approximate surface area is 120 Å². The summed E-state index contributed by atoms with van der Waals surface area (Å²) in [6.45, 7) is 7.61. The van der Waals surface area contributed by atoms with Crippen LogP contribution in [-0.2, 0) is 4.74 Å². The van der Waals surface area contributed by atoms with Gasteiger partial charge in [-0.3, -0.25) is 4.90 Å². The Kier molecular flexibility index (Phi) is 4.38.